The van der Waals surface area contributed by atoms with Crippen LogP contribution in [0.3, 0.4) is 0 Å². The number of hydrogen-bond acceptors (Lipinski definition) is 14. The highest BCUT2D eigenvalue weighted by Crippen LogP contribution is 2.15. The van der Waals surface area contributed by atoms with Crippen molar-refractivity contribution in [3.63, 3.8) is 0 Å². The van der Waals surface area contributed by atoms with E-state index < -0.39 is 94.3 Å². The van der Waals surface area contributed by atoms with Crippen LogP contribution in [0.25, 0.3) is 0 Å². The molecule has 0 aromatic heterocycles. The predicted octanol–water partition coefficient (Wildman–Crippen LogP) is -1.93. The molecule has 0 heterocycles. The van der Waals surface area contributed by atoms with Crippen molar-refractivity contribution in [2.24, 2.45) is 0 Å². The van der Waals surface area contributed by atoms with Crippen LogP contribution in [0, 0.1) is 0 Å². The lowest BCUT2D eigenvalue weighted by Crippen LogP contribution is -2.46. The molecule has 2 aromatic carbocycles. The zero-order valence-electron chi connectivity index (χ0n) is 28.5. The summed E-state index contributed by atoms with van der Waals surface area (Å²) in [6, 6.07) is 9.57. The van der Waals surface area contributed by atoms with Crippen molar-refractivity contribution in [3.8, 4) is 0 Å². The Balaban J connectivity index is 2.04. The van der Waals surface area contributed by atoms with Gasteiger partial charge in [-0.3, -0.25) is 48.3 Å². The summed E-state index contributed by atoms with van der Waals surface area (Å²) < 4.78 is 52.1. The smallest absolute Gasteiger partial charge is 0.317 e. The van der Waals surface area contributed by atoms with Gasteiger partial charge in [-0.25, -0.2) is 26.3 Å². The molecule has 0 aliphatic carbocycles. The van der Waals surface area contributed by atoms with Crippen molar-refractivity contribution in [1.82, 2.24) is 24.1 Å². The number of hydrogen-bond donors (Lipinski definition) is 7. The minimum atomic E-state index is -4.12. The minimum absolute atomic E-state index is 0.0938. The molecule has 2 rings (SSSR count). The van der Waals surface area contributed by atoms with Gasteiger partial charge in [0.2, 0.25) is 23.6 Å². The third-order valence-corrected chi connectivity index (χ3v) is 9.63. The van der Waals surface area contributed by atoms with Gasteiger partial charge in [-0.2, -0.15) is 0 Å². The van der Waals surface area contributed by atoms with Crippen LogP contribution < -0.4 is 20.1 Å². The van der Waals surface area contributed by atoms with Gasteiger partial charge in [0.25, 0.3) is 20.0 Å². The molecular formula is C30H39N7O14S2. The number of sulfonamides is 2. The molecule has 4 amide bonds. The Bertz CT molecular complexity index is 1760. The molecule has 0 saturated heterocycles. The lowest BCUT2D eigenvalue weighted by Gasteiger charge is -2.28. The molecule has 0 fully saturated rings. The molecule has 7 N–H and O–H groups in total. The number of carboxylic acids is 3. The van der Waals surface area contributed by atoms with E-state index in [2.05, 4.69) is 10.6 Å². The van der Waals surface area contributed by atoms with E-state index in [9.17, 15) is 65.7 Å². The monoisotopic (exact) mass is 785 g/mol. The van der Waals surface area contributed by atoms with Crippen LogP contribution in [-0.4, -0.2) is 147 Å². The van der Waals surface area contributed by atoms with Crippen molar-refractivity contribution in [1.29, 1.82) is 0 Å². The lowest BCUT2D eigenvalue weighted by molar-refractivity contribution is -0.140. The molecule has 0 aliphatic rings. The van der Waals surface area contributed by atoms with E-state index in [4.69, 9.17) is 0 Å². The highest BCUT2D eigenvalue weighted by atomic mass is 32.2. The molecule has 23 heteroatoms. The topological polar surface area (TPSA) is 306 Å². The number of carbonyl (C=O) groups excluding carboxylic acids is 4. The first kappa shape index (κ1) is 43.7. The number of carbonyl (C=O) groups is 7. The fourth-order valence-electron chi connectivity index (χ4n) is 4.58. The van der Waals surface area contributed by atoms with Crippen molar-refractivity contribution in [2.75, 3.05) is 69.5 Å². The van der Waals surface area contributed by atoms with Crippen LogP contribution in [0.4, 0.5) is 11.4 Å². The van der Waals surface area contributed by atoms with Gasteiger partial charge in [-0.1, -0.05) is 0 Å². The lowest BCUT2D eigenvalue weighted by atomic mass is 10.3. The Morgan fingerprint density at radius 2 is 0.774 bits per heavy atom. The van der Waals surface area contributed by atoms with Gasteiger partial charge in [0.05, 0.1) is 42.5 Å². The second-order valence-corrected chi connectivity index (χ2v) is 14.7. The fraction of sp³-hybridized carbons (Fsp3) is 0.367. The van der Waals surface area contributed by atoms with Crippen molar-refractivity contribution < 1.29 is 65.7 Å². The molecule has 0 bridgehead atoms. The van der Waals surface area contributed by atoms with E-state index >= 15 is 0 Å². The average Bonchev–Trinajstić information content (AvgIpc) is 3.00. The molecule has 290 valence electrons. The van der Waals surface area contributed by atoms with Crippen LogP contribution in [-0.2, 0) is 53.6 Å². The van der Waals surface area contributed by atoms with Gasteiger partial charge in [-0.05, 0) is 48.5 Å². The second kappa shape index (κ2) is 19.9. The van der Waals surface area contributed by atoms with Crippen molar-refractivity contribution in [3.05, 3.63) is 48.5 Å². The van der Waals surface area contributed by atoms with Crippen molar-refractivity contribution in [2.45, 2.75) is 23.6 Å². The molecule has 0 saturated carbocycles. The normalized spacial score (nSPS) is 11.6. The van der Waals surface area contributed by atoms with Crippen LogP contribution in [0.15, 0.2) is 58.3 Å². The van der Waals surface area contributed by atoms with Gasteiger partial charge in [-0.15, -0.1) is 0 Å². The molecule has 0 aliphatic heterocycles. The predicted molar refractivity (Wildman–Crippen MR) is 184 cm³/mol. The molecule has 0 radical (unpaired) electrons. The molecular weight excluding hydrogens is 746 g/mol. The van der Waals surface area contributed by atoms with E-state index in [1.54, 1.807) is 9.44 Å². The third-order valence-electron chi connectivity index (χ3n) is 6.73. The van der Waals surface area contributed by atoms with Crippen LogP contribution in [0.2, 0.25) is 0 Å². The van der Waals surface area contributed by atoms with Gasteiger partial charge < -0.3 is 26.0 Å². The molecule has 21 nitrogen and oxygen atoms in total. The summed E-state index contributed by atoms with van der Waals surface area (Å²) in [5, 5.41) is 33.2. The van der Waals surface area contributed by atoms with E-state index in [1.807, 2.05) is 0 Å². The number of nitrogens with one attached hydrogen (secondary N) is 4. The van der Waals surface area contributed by atoms with E-state index in [-0.39, 0.29) is 47.3 Å². The maximum absolute atomic E-state index is 12.7. The van der Waals surface area contributed by atoms with Gasteiger partial charge in [0, 0.05) is 51.4 Å². The standard InChI is InChI=1S/C30H39N7O14S2/c1-20(38)33-52(48,49)24-7-3-22(4-8-24)31-26(40)15-36(18-29(44)45)13-11-35(17-28(42)43)12-14-37(19-30(46)47)16-27(41)32-23-5-9-25(10-6-23)53(50,51)34-21(2)39/h3-10H,11-19H2,1-2H3,(H,31,40)(H,32,41)(H,33,38)(H,34,39)(H,42,43)(H,44,45)(H,46,47). The van der Waals surface area contributed by atoms with Crippen LogP contribution in [0.1, 0.15) is 13.8 Å². The first-order valence-electron chi connectivity index (χ1n) is 15.3. The summed E-state index contributed by atoms with van der Waals surface area (Å²) in [7, 11) is -8.23. The number of aliphatic carboxylic acids is 3. The zero-order chi connectivity index (χ0) is 39.9. The maximum Gasteiger partial charge on any atom is 0.317 e. The first-order chi connectivity index (χ1) is 24.6. The Hall–Kier alpha value is -5.49. The van der Waals surface area contributed by atoms with E-state index in [0.717, 1.165) is 38.1 Å². The number of rotatable bonds is 22. The average molecular weight is 786 g/mol. The second-order valence-electron chi connectivity index (χ2n) is 11.3. The molecule has 2 aromatic rings. The Labute approximate surface area is 304 Å². The number of carboxylic acid groups (broad SMARTS) is 3. The maximum atomic E-state index is 12.7. The third kappa shape index (κ3) is 16.6. The first-order valence-corrected chi connectivity index (χ1v) is 18.3. The van der Waals surface area contributed by atoms with E-state index in [0.29, 0.717) is 0 Å². The molecule has 0 spiro atoms. The molecule has 53 heavy (non-hydrogen) atoms. The minimum Gasteiger partial charge on any atom is -0.480 e. The highest BCUT2D eigenvalue weighted by Gasteiger charge is 2.21. The molecule has 0 atom stereocenters. The summed E-state index contributed by atoms with van der Waals surface area (Å²) in [5.41, 5.74) is 0.322. The van der Waals surface area contributed by atoms with Gasteiger partial charge in [0.1, 0.15) is 0 Å². The SMILES string of the molecule is CC(=O)NS(=O)(=O)c1ccc(NC(=O)CN(CCN(CCN(CC(=O)O)CC(=O)Nc2ccc(S(=O)(=O)NC(C)=O)cc2)CC(=O)O)CC(=O)O)cc1. The number of benzene rings is 2. The largest absolute Gasteiger partial charge is 0.480 e. The van der Waals surface area contributed by atoms with Crippen molar-refractivity contribution >= 4 is 73.0 Å². The number of nitrogens with zero attached hydrogens (tertiary/aromatic N) is 3. The Morgan fingerprint density at radius 3 is 1.06 bits per heavy atom. The van der Waals surface area contributed by atoms with Crippen LogP contribution in [0.5, 0.6) is 0 Å². The van der Waals surface area contributed by atoms with Crippen LogP contribution >= 0.6 is 0 Å². The molecule has 0 unspecified atom stereocenters. The summed E-state index contributed by atoms with van der Waals surface area (Å²) in [6.45, 7) is -1.13. The fourth-order valence-corrected chi connectivity index (χ4v) is 6.56. The van der Waals surface area contributed by atoms with Gasteiger partial charge in [0.15, 0.2) is 0 Å². The Kier molecular flexibility index (Phi) is 16.4. The summed E-state index contributed by atoms with van der Waals surface area (Å²) in [5.74, 6) is -6.81. The summed E-state index contributed by atoms with van der Waals surface area (Å²) >= 11 is 0. The van der Waals surface area contributed by atoms with Gasteiger partial charge >= 0.3 is 17.9 Å². The highest BCUT2D eigenvalue weighted by molar-refractivity contribution is 7.90. The zero-order valence-corrected chi connectivity index (χ0v) is 30.1. The quantitative estimate of drug-likeness (QED) is 0.0684. The summed E-state index contributed by atoms with van der Waals surface area (Å²) in [6.07, 6.45) is 0. The Morgan fingerprint density at radius 1 is 0.491 bits per heavy atom. The van der Waals surface area contributed by atoms with E-state index in [1.165, 1.54) is 39.0 Å². The number of anilines is 2. The number of amides is 4. The summed E-state index contributed by atoms with van der Waals surface area (Å²) in [4.78, 5) is 85.6.